The van der Waals surface area contributed by atoms with Crippen molar-refractivity contribution in [3.8, 4) is 17.0 Å². The molecule has 1 N–H and O–H groups in total. The topological polar surface area (TPSA) is 81.5 Å². The van der Waals surface area contributed by atoms with Crippen LogP contribution in [0.15, 0.2) is 33.5 Å². The first-order chi connectivity index (χ1) is 16.3. The smallest absolute Gasteiger partial charge is 0.417 e. The molecule has 1 heterocycles. The van der Waals surface area contributed by atoms with Gasteiger partial charge in [0.15, 0.2) is 0 Å². The lowest BCUT2D eigenvalue weighted by atomic mass is 10.1. The molecule has 34 heavy (non-hydrogen) atoms. The van der Waals surface area contributed by atoms with Crippen molar-refractivity contribution in [2.45, 2.75) is 110 Å². The van der Waals surface area contributed by atoms with E-state index in [4.69, 9.17) is 13.9 Å². The molecule has 0 saturated carbocycles. The van der Waals surface area contributed by atoms with E-state index in [-0.39, 0.29) is 11.5 Å². The van der Waals surface area contributed by atoms with Crippen LogP contribution in [0.3, 0.4) is 0 Å². The zero-order chi connectivity index (χ0) is 24.8. The van der Waals surface area contributed by atoms with E-state index < -0.39 is 17.3 Å². The predicted octanol–water partition coefficient (Wildman–Crippen LogP) is 7.67. The number of carbonyl (C=O) groups is 1. The van der Waals surface area contributed by atoms with Crippen LogP contribution in [0.5, 0.6) is 5.75 Å². The molecule has 0 radical (unpaired) electrons. The summed E-state index contributed by atoms with van der Waals surface area (Å²) in [5, 5.41) is 0. The lowest BCUT2D eigenvalue weighted by Crippen LogP contribution is -2.24. The Morgan fingerprint density at radius 3 is 2.03 bits per heavy atom. The molecule has 0 bridgehead atoms. The molecule has 0 spiro atoms. The van der Waals surface area contributed by atoms with E-state index in [1.165, 1.54) is 64.2 Å². The maximum atomic E-state index is 12.5. The second-order valence-electron chi connectivity index (χ2n) is 9.95. The average Bonchev–Trinajstić information content (AvgIpc) is 3.18. The van der Waals surface area contributed by atoms with E-state index in [2.05, 4.69) is 11.9 Å². The Morgan fingerprint density at radius 2 is 1.44 bits per heavy atom. The second-order valence-corrected chi connectivity index (χ2v) is 9.95. The van der Waals surface area contributed by atoms with E-state index >= 15 is 0 Å². The van der Waals surface area contributed by atoms with Gasteiger partial charge in [-0.3, -0.25) is 4.98 Å². The molecule has 0 aliphatic heterocycles. The van der Waals surface area contributed by atoms with Gasteiger partial charge in [-0.15, -0.1) is 0 Å². The van der Waals surface area contributed by atoms with E-state index in [1.807, 2.05) is 18.2 Å². The van der Waals surface area contributed by atoms with Gasteiger partial charge in [-0.25, -0.2) is 9.59 Å². The fourth-order valence-corrected chi connectivity index (χ4v) is 3.91. The van der Waals surface area contributed by atoms with Gasteiger partial charge >= 0.3 is 11.7 Å². The Bertz CT molecular complexity index is 906. The minimum absolute atomic E-state index is 0.138. The number of para-hydroxylation sites is 1. The Balaban J connectivity index is 1.78. The number of aromatic amines is 1. The van der Waals surface area contributed by atoms with E-state index in [0.717, 1.165) is 12.8 Å². The van der Waals surface area contributed by atoms with E-state index in [9.17, 15) is 9.59 Å². The van der Waals surface area contributed by atoms with Crippen LogP contribution in [0.4, 0.5) is 0 Å². The minimum atomic E-state index is -0.702. The number of hydrogen-bond donors (Lipinski definition) is 1. The maximum absolute atomic E-state index is 12.5. The summed E-state index contributed by atoms with van der Waals surface area (Å²) in [6, 6.07) is 7.33. The Labute approximate surface area is 204 Å². The molecular formula is C28H43NO5. The number of H-pyrrole nitrogens is 1. The third kappa shape index (κ3) is 10.2. The van der Waals surface area contributed by atoms with Crippen LogP contribution in [0.1, 0.15) is 115 Å². The van der Waals surface area contributed by atoms with Crippen molar-refractivity contribution in [1.82, 2.24) is 4.98 Å². The number of esters is 1. The summed E-state index contributed by atoms with van der Waals surface area (Å²) < 4.78 is 16.5. The fraction of sp³-hybridized carbons (Fsp3) is 0.643. The molecule has 0 aliphatic carbocycles. The van der Waals surface area contributed by atoms with Crippen LogP contribution in [-0.2, 0) is 4.74 Å². The number of aromatic nitrogens is 1. The van der Waals surface area contributed by atoms with Gasteiger partial charge in [-0.1, -0.05) is 89.7 Å². The van der Waals surface area contributed by atoms with Gasteiger partial charge in [0.1, 0.15) is 17.0 Å². The van der Waals surface area contributed by atoms with Crippen LogP contribution in [0.2, 0.25) is 0 Å². The van der Waals surface area contributed by atoms with Crippen LogP contribution in [-0.4, -0.2) is 23.2 Å². The fourth-order valence-electron chi connectivity index (χ4n) is 3.91. The SMILES string of the molecule is CCCCCCCCCCCCCCOc1ccccc1-c1[nH]c(=O)oc1C(=O)OC(C)(C)C. The molecule has 190 valence electrons. The Hall–Kier alpha value is -2.50. The van der Waals surface area contributed by atoms with Crippen molar-refractivity contribution in [1.29, 1.82) is 0 Å². The third-order valence-corrected chi connectivity index (χ3v) is 5.65. The summed E-state index contributed by atoms with van der Waals surface area (Å²) in [6.45, 7) is 8.13. The molecule has 0 fully saturated rings. The molecule has 2 aromatic rings. The highest BCUT2D eigenvalue weighted by Crippen LogP contribution is 2.31. The van der Waals surface area contributed by atoms with Gasteiger partial charge < -0.3 is 13.9 Å². The van der Waals surface area contributed by atoms with Crippen molar-refractivity contribution in [2.24, 2.45) is 0 Å². The highest BCUT2D eigenvalue weighted by Gasteiger charge is 2.27. The van der Waals surface area contributed by atoms with Crippen molar-refractivity contribution in [3.63, 3.8) is 0 Å². The molecule has 0 atom stereocenters. The largest absolute Gasteiger partial charge is 0.493 e. The molecule has 0 saturated heterocycles. The van der Waals surface area contributed by atoms with Crippen molar-refractivity contribution in [3.05, 3.63) is 40.6 Å². The molecule has 0 amide bonds. The summed E-state index contributed by atoms with van der Waals surface area (Å²) in [6.07, 6.45) is 15.5. The maximum Gasteiger partial charge on any atom is 0.417 e. The van der Waals surface area contributed by atoms with Crippen LogP contribution in [0, 0.1) is 0 Å². The molecule has 1 aromatic heterocycles. The number of oxazole rings is 1. The lowest BCUT2D eigenvalue weighted by Gasteiger charge is -2.18. The Kier molecular flexibility index (Phi) is 12.0. The molecule has 2 rings (SSSR count). The van der Waals surface area contributed by atoms with Crippen LogP contribution < -0.4 is 10.5 Å². The first-order valence-corrected chi connectivity index (χ1v) is 13.0. The van der Waals surface area contributed by atoms with Crippen LogP contribution >= 0.6 is 0 Å². The van der Waals surface area contributed by atoms with Crippen molar-refractivity contribution in [2.75, 3.05) is 6.61 Å². The Morgan fingerprint density at radius 1 is 0.882 bits per heavy atom. The lowest BCUT2D eigenvalue weighted by molar-refractivity contribution is 0.00354. The molecule has 0 unspecified atom stereocenters. The van der Waals surface area contributed by atoms with Gasteiger partial charge in [-0.05, 0) is 39.3 Å². The number of benzene rings is 1. The number of hydrogen-bond acceptors (Lipinski definition) is 5. The molecule has 1 aromatic carbocycles. The first kappa shape index (κ1) is 27.7. The average molecular weight is 474 g/mol. The number of rotatable bonds is 16. The highest BCUT2D eigenvalue weighted by molar-refractivity contribution is 5.94. The number of nitrogens with one attached hydrogen (secondary N) is 1. The summed E-state index contributed by atoms with van der Waals surface area (Å²) >= 11 is 0. The van der Waals surface area contributed by atoms with E-state index in [1.54, 1.807) is 26.8 Å². The van der Waals surface area contributed by atoms with Gasteiger partial charge in [0, 0.05) is 5.56 Å². The third-order valence-electron chi connectivity index (χ3n) is 5.65. The normalized spacial score (nSPS) is 11.5. The summed E-state index contributed by atoms with van der Waals surface area (Å²) in [4.78, 5) is 27.0. The van der Waals surface area contributed by atoms with Crippen molar-refractivity contribution >= 4 is 5.97 Å². The molecule has 0 aliphatic rings. The first-order valence-electron chi connectivity index (χ1n) is 13.0. The quantitative estimate of drug-likeness (QED) is 0.200. The summed E-state index contributed by atoms with van der Waals surface area (Å²) in [5.74, 6) is -0.919. The molecular weight excluding hydrogens is 430 g/mol. The number of ether oxygens (including phenoxy) is 2. The van der Waals surface area contributed by atoms with Crippen molar-refractivity contribution < 1.29 is 18.7 Å². The van der Waals surface area contributed by atoms with Gasteiger partial charge in [0.2, 0.25) is 5.76 Å². The highest BCUT2D eigenvalue weighted by atomic mass is 16.6. The van der Waals surface area contributed by atoms with Gasteiger partial charge in [0.05, 0.1) is 6.61 Å². The van der Waals surface area contributed by atoms with Gasteiger partial charge in [0.25, 0.3) is 0 Å². The van der Waals surface area contributed by atoms with Gasteiger partial charge in [-0.2, -0.15) is 0 Å². The number of carbonyl (C=O) groups excluding carboxylic acids is 1. The minimum Gasteiger partial charge on any atom is -0.493 e. The molecule has 6 heteroatoms. The van der Waals surface area contributed by atoms with E-state index in [0.29, 0.717) is 17.9 Å². The number of unbranched alkanes of at least 4 members (excludes halogenated alkanes) is 11. The van der Waals surface area contributed by atoms with Crippen LogP contribution in [0.25, 0.3) is 11.3 Å². The zero-order valence-electron chi connectivity index (χ0n) is 21.5. The second kappa shape index (κ2) is 14.7. The zero-order valence-corrected chi connectivity index (χ0v) is 21.5. The summed E-state index contributed by atoms with van der Waals surface area (Å²) in [7, 11) is 0. The standard InChI is InChI=1S/C28H43NO5/c1-5-6-7-8-9-10-11-12-13-14-15-18-21-32-23-20-17-16-19-22(23)24-25(33-27(31)29-24)26(30)34-28(2,3)4/h16-17,19-20H,5-15,18,21H2,1-4H3,(H,29,31). The monoisotopic (exact) mass is 473 g/mol. The summed E-state index contributed by atoms with van der Waals surface area (Å²) in [5.41, 5.74) is 0.187. The molecule has 6 nitrogen and oxygen atoms in total. The predicted molar refractivity (Wildman–Crippen MR) is 137 cm³/mol.